The van der Waals surface area contributed by atoms with Gasteiger partial charge in [0.1, 0.15) is 6.23 Å². The van der Waals surface area contributed by atoms with Gasteiger partial charge in [-0.1, -0.05) is 30.9 Å². The minimum absolute atomic E-state index is 0.0944. The van der Waals surface area contributed by atoms with Crippen molar-refractivity contribution < 1.29 is 14.6 Å². The first kappa shape index (κ1) is 20.4. The monoisotopic (exact) mass is 404 g/mol. The van der Waals surface area contributed by atoms with Gasteiger partial charge in [0.2, 0.25) is 5.88 Å². The number of amides is 1. The average molecular weight is 405 g/mol. The first-order chi connectivity index (χ1) is 13.5. The van der Waals surface area contributed by atoms with Gasteiger partial charge in [-0.25, -0.2) is 9.97 Å². The van der Waals surface area contributed by atoms with Crippen molar-refractivity contribution in [2.75, 3.05) is 19.1 Å². The van der Waals surface area contributed by atoms with Crippen LogP contribution >= 0.6 is 11.6 Å². The van der Waals surface area contributed by atoms with Crippen molar-refractivity contribution >= 4 is 29.0 Å². The number of nitrogens with zero attached hydrogens (tertiary/aromatic N) is 3. The lowest BCUT2D eigenvalue weighted by Crippen LogP contribution is -2.41. The number of anilines is 2. The van der Waals surface area contributed by atoms with E-state index in [-0.39, 0.29) is 11.8 Å². The number of rotatable bonds is 6. The zero-order valence-electron chi connectivity index (χ0n) is 16.1. The van der Waals surface area contributed by atoms with E-state index in [9.17, 15) is 9.90 Å². The maximum Gasteiger partial charge on any atom is 0.254 e. The molecule has 2 N–H and O–H groups in total. The number of halogens is 1. The van der Waals surface area contributed by atoms with Crippen LogP contribution in [0.4, 0.5) is 11.5 Å². The summed E-state index contributed by atoms with van der Waals surface area (Å²) in [6, 6.07) is 5.13. The van der Waals surface area contributed by atoms with Gasteiger partial charge in [0.05, 0.1) is 30.1 Å². The third-order valence-corrected chi connectivity index (χ3v) is 5.45. The Bertz CT molecular complexity index is 810. The Kier molecular flexibility index (Phi) is 6.70. The SMILES string of the molecule is COc1cnc(N(C)c2ccc(Cl)c(C(=O)NC(O)C3CCCCC3)c2)cn1. The van der Waals surface area contributed by atoms with Crippen molar-refractivity contribution in [1.29, 1.82) is 0 Å². The second kappa shape index (κ2) is 9.21. The Hall–Kier alpha value is -2.38. The van der Waals surface area contributed by atoms with Gasteiger partial charge in [-0.05, 0) is 31.0 Å². The molecule has 1 aliphatic carbocycles. The largest absolute Gasteiger partial charge is 0.480 e. The topological polar surface area (TPSA) is 87.6 Å². The molecule has 1 fully saturated rings. The summed E-state index contributed by atoms with van der Waals surface area (Å²) in [6.45, 7) is 0. The Labute approximate surface area is 169 Å². The van der Waals surface area contributed by atoms with Gasteiger partial charge < -0.3 is 20.1 Å². The van der Waals surface area contributed by atoms with Crippen molar-refractivity contribution in [3.05, 3.63) is 41.2 Å². The van der Waals surface area contributed by atoms with E-state index >= 15 is 0 Å². The summed E-state index contributed by atoms with van der Waals surface area (Å²) in [7, 11) is 3.34. The van der Waals surface area contributed by atoms with Crippen LogP contribution in [0.15, 0.2) is 30.6 Å². The Balaban J connectivity index is 1.75. The van der Waals surface area contributed by atoms with Crippen LogP contribution in [-0.2, 0) is 0 Å². The van der Waals surface area contributed by atoms with Crippen LogP contribution in [0.25, 0.3) is 0 Å². The number of hydrogen-bond donors (Lipinski definition) is 2. The molecule has 1 aromatic carbocycles. The van der Waals surface area contributed by atoms with Crippen molar-refractivity contribution in [2.45, 2.75) is 38.3 Å². The van der Waals surface area contributed by atoms with Crippen molar-refractivity contribution in [1.82, 2.24) is 15.3 Å². The van der Waals surface area contributed by atoms with E-state index in [0.29, 0.717) is 22.3 Å². The summed E-state index contributed by atoms with van der Waals surface area (Å²) < 4.78 is 5.02. The predicted molar refractivity (Wildman–Crippen MR) is 108 cm³/mol. The number of carbonyl (C=O) groups is 1. The molecule has 150 valence electrons. The third kappa shape index (κ3) is 4.72. The molecule has 0 radical (unpaired) electrons. The molecule has 2 aromatic rings. The summed E-state index contributed by atoms with van der Waals surface area (Å²) in [5, 5.41) is 13.4. The number of methoxy groups -OCH3 is 1. The predicted octanol–water partition coefficient (Wildman–Crippen LogP) is 3.54. The fourth-order valence-corrected chi connectivity index (χ4v) is 3.60. The number of hydrogen-bond acceptors (Lipinski definition) is 6. The van der Waals surface area contributed by atoms with Gasteiger partial charge in [0.25, 0.3) is 5.91 Å². The molecule has 7 nitrogen and oxygen atoms in total. The van der Waals surface area contributed by atoms with Crippen molar-refractivity contribution in [2.24, 2.45) is 5.92 Å². The van der Waals surface area contributed by atoms with E-state index in [1.807, 2.05) is 7.05 Å². The lowest BCUT2D eigenvalue weighted by Gasteiger charge is -2.27. The van der Waals surface area contributed by atoms with Crippen LogP contribution in [0.3, 0.4) is 0 Å². The van der Waals surface area contributed by atoms with E-state index in [4.69, 9.17) is 16.3 Å². The zero-order chi connectivity index (χ0) is 20.1. The summed E-state index contributed by atoms with van der Waals surface area (Å²) >= 11 is 6.25. The van der Waals surface area contributed by atoms with Crippen LogP contribution in [0.1, 0.15) is 42.5 Å². The van der Waals surface area contributed by atoms with Crippen LogP contribution in [0.5, 0.6) is 5.88 Å². The molecular formula is C20H25ClN4O3. The lowest BCUT2D eigenvalue weighted by atomic mass is 9.88. The summed E-state index contributed by atoms with van der Waals surface area (Å²) in [4.78, 5) is 22.9. The molecule has 1 heterocycles. The second-order valence-corrected chi connectivity index (χ2v) is 7.36. The summed E-state index contributed by atoms with van der Waals surface area (Å²) in [5.74, 6) is 0.720. The molecule has 1 aromatic heterocycles. The first-order valence-corrected chi connectivity index (χ1v) is 9.75. The molecular weight excluding hydrogens is 380 g/mol. The fraction of sp³-hybridized carbons (Fsp3) is 0.450. The van der Waals surface area contributed by atoms with Crippen LogP contribution in [0.2, 0.25) is 5.02 Å². The van der Waals surface area contributed by atoms with Crippen LogP contribution < -0.4 is 15.0 Å². The quantitative estimate of drug-likeness (QED) is 0.716. The Morgan fingerprint density at radius 1 is 1.29 bits per heavy atom. The highest BCUT2D eigenvalue weighted by Crippen LogP contribution is 2.28. The van der Waals surface area contributed by atoms with Crippen molar-refractivity contribution in [3.63, 3.8) is 0 Å². The fourth-order valence-electron chi connectivity index (χ4n) is 3.40. The molecule has 1 aliphatic rings. The lowest BCUT2D eigenvalue weighted by molar-refractivity contribution is 0.0463. The molecule has 0 aliphatic heterocycles. The smallest absolute Gasteiger partial charge is 0.254 e. The number of benzene rings is 1. The molecule has 1 atom stereocenters. The number of nitrogens with one attached hydrogen (secondary N) is 1. The normalized spacial score (nSPS) is 15.7. The molecule has 3 rings (SSSR count). The number of aliphatic hydroxyl groups is 1. The molecule has 0 bridgehead atoms. The summed E-state index contributed by atoms with van der Waals surface area (Å²) in [5.41, 5.74) is 1.03. The maximum absolute atomic E-state index is 12.7. The minimum atomic E-state index is -0.863. The first-order valence-electron chi connectivity index (χ1n) is 9.38. The van der Waals surface area contributed by atoms with Gasteiger partial charge in [-0.3, -0.25) is 4.79 Å². The number of carbonyl (C=O) groups excluding carboxylic acids is 1. The zero-order valence-corrected chi connectivity index (χ0v) is 16.8. The number of aromatic nitrogens is 2. The molecule has 0 spiro atoms. The molecule has 1 saturated carbocycles. The molecule has 0 saturated heterocycles. The number of ether oxygens (including phenoxy) is 1. The highest BCUT2D eigenvalue weighted by atomic mass is 35.5. The van der Waals surface area contributed by atoms with Crippen molar-refractivity contribution in [3.8, 4) is 5.88 Å². The second-order valence-electron chi connectivity index (χ2n) is 6.96. The third-order valence-electron chi connectivity index (χ3n) is 5.12. The van der Waals surface area contributed by atoms with Gasteiger partial charge in [-0.2, -0.15) is 0 Å². The Morgan fingerprint density at radius 2 is 2.04 bits per heavy atom. The van der Waals surface area contributed by atoms with E-state index in [0.717, 1.165) is 31.4 Å². The molecule has 28 heavy (non-hydrogen) atoms. The van der Waals surface area contributed by atoms with Gasteiger partial charge in [0, 0.05) is 18.7 Å². The molecule has 8 heteroatoms. The Morgan fingerprint density at radius 3 is 2.68 bits per heavy atom. The average Bonchev–Trinajstić information content (AvgIpc) is 2.74. The highest BCUT2D eigenvalue weighted by Gasteiger charge is 2.24. The van der Waals surface area contributed by atoms with E-state index in [1.54, 1.807) is 29.3 Å². The highest BCUT2D eigenvalue weighted by molar-refractivity contribution is 6.34. The van der Waals surface area contributed by atoms with Crippen LogP contribution in [-0.4, -0.2) is 41.4 Å². The molecule has 1 unspecified atom stereocenters. The molecule has 1 amide bonds. The van der Waals surface area contributed by atoms with Gasteiger partial charge in [0.15, 0.2) is 5.82 Å². The van der Waals surface area contributed by atoms with Crippen LogP contribution in [0, 0.1) is 5.92 Å². The van der Waals surface area contributed by atoms with Gasteiger partial charge >= 0.3 is 0 Å². The van der Waals surface area contributed by atoms with E-state index < -0.39 is 6.23 Å². The van der Waals surface area contributed by atoms with E-state index in [2.05, 4.69) is 15.3 Å². The standard InChI is InChI=1S/C20H25ClN4O3/c1-25(17-11-23-18(28-2)12-22-17)14-8-9-16(21)15(10-14)20(27)24-19(26)13-6-4-3-5-7-13/h8-13,19,26H,3-7H2,1-2H3,(H,24,27). The van der Waals surface area contributed by atoms with E-state index in [1.165, 1.54) is 19.7 Å². The van der Waals surface area contributed by atoms with Gasteiger partial charge in [-0.15, -0.1) is 0 Å². The maximum atomic E-state index is 12.7. The summed E-state index contributed by atoms with van der Waals surface area (Å²) in [6.07, 6.45) is 7.45. The number of aliphatic hydroxyl groups excluding tert-OH is 1. The minimum Gasteiger partial charge on any atom is -0.480 e.